The Kier molecular flexibility index (Phi) is 7.91. The normalized spacial score (nSPS) is 12.8. The summed E-state index contributed by atoms with van der Waals surface area (Å²) in [6.07, 6.45) is 3.04. The number of halogens is 2. The van der Waals surface area contributed by atoms with Crippen LogP contribution in [0.3, 0.4) is 0 Å². The largest absolute Gasteiger partial charge is 0.493 e. The van der Waals surface area contributed by atoms with Gasteiger partial charge < -0.3 is 20.1 Å². The van der Waals surface area contributed by atoms with Gasteiger partial charge in [-0.2, -0.15) is 5.10 Å². The van der Waals surface area contributed by atoms with Crippen molar-refractivity contribution in [2.75, 3.05) is 19.0 Å². The molecule has 1 aliphatic rings. The molecular weight excluding hydrogens is 459 g/mol. The Morgan fingerprint density at radius 2 is 1.84 bits per heavy atom. The van der Waals surface area contributed by atoms with Crippen LogP contribution in [0.1, 0.15) is 18.4 Å². The molecule has 0 unspecified atom stereocenters. The van der Waals surface area contributed by atoms with Crippen LogP contribution in [-0.2, 0) is 14.4 Å². The molecule has 1 fully saturated rings. The van der Waals surface area contributed by atoms with Gasteiger partial charge >= 0.3 is 11.8 Å². The van der Waals surface area contributed by atoms with Gasteiger partial charge in [0, 0.05) is 16.8 Å². The van der Waals surface area contributed by atoms with Gasteiger partial charge in [-0.1, -0.05) is 23.2 Å². The molecule has 0 heterocycles. The van der Waals surface area contributed by atoms with Gasteiger partial charge in [0.25, 0.3) is 5.91 Å². The molecule has 168 valence electrons. The van der Waals surface area contributed by atoms with Gasteiger partial charge in [0.1, 0.15) is 0 Å². The van der Waals surface area contributed by atoms with Gasteiger partial charge in [0.2, 0.25) is 0 Å². The first-order chi connectivity index (χ1) is 15.4. The molecule has 9 nitrogen and oxygen atoms in total. The van der Waals surface area contributed by atoms with Crippen molar-refractivity contribution in [3.05, 3.63) is 52.0 Å². The van der Waals surface area contributed by atoms with Crippen molar-refractivity contribution in [1.29, 1.82) is 0 Å². The molecule has 2 aromatic rings. The maximum Gasteiger partial charge on any atom is 0.329 e. The molecule has 0 radical (unpaired) electrons. The van der Waals surface area contributed by atoms with E-state index in [1.165, 1.54) is 19.4 Å². The van der Waals surface area contributed by atoms with Crippen LogP contribution < -0.4 is 25.5 Å². The first kappa shape index (κ1) is 23.4. The number of carbonyl (C=O) groups excluding carboxylic acids is 3. The predicted molar refractivity (Wildman–Crippen MR) is 120 cm³/mol. The number of rotatable bonds is 8. The number of carbonyl (C=O) groups is 3. The Bertz CT molecular complexity index is 1040. The van der Waals surface area contributed by atoms with Crippen molar-refractivity contribution in [2.45, 2.75) is 18.9 Å². The zero-order valence-corrected chi connectivity index (χ0v) is 18.5. The Hall–Kier alpha value is -3.30. The summed E-state index contributed by atoms with van der Waals surface area (Å²) in [7, 11) is 1.41. The summed E-state index contributed by atoms with van der Waals surface area (Å²) in [5.74, 6) is -1.57. The van der Waals surface area contributed by atoms with Crippen LogP contribution in [0.5, 0.6) is 11.5 Å². The number of anilines is 1. The fourth-order valence-corrected chi connectivity index (χ4v) is 2.92. The second kappa shape index (κ2) is 10.8. The Morgan fingerprint density at radius 1 is 1.12 bits per heavy atom. The van der Waals surface area contributed by atoms with E-state index in [1.807, 2.05) is 0 Å². The van der Waals surface area contributed by atoms with Gasteiger partial charge in [0.05, 0.1) is 18.3 Å². The molecule has 11 heteroatoms. The van der Waals surface area contributed by atoms with Gasteiger partial charge in [-0.15, -0.1) is 0 Å². The number of nitrogens with zero attached hydrogens (tertiary/aromatic N) is 1. The van der Waals surface area contributed by atoms with Crippen LogP contribution in [0.25, 0.3) is 0 Å². The number of amides is 3. The van der Waals surface area contributed by atoms with Crippen LogP contribution in [-0.4, -0.2) is 43.7 Å². The van der Waals surface area contributed by atoms with Crippen LogP contribution in [0.2, 0.25) is 10.0 Å². The molecule has 0 atom stereocenters. The van der Waals surface area contributed by atoms with E-state index in [2.05, 4.69) is 21.2 Å². The van der Waals surface area contributed by atoms with Gasteiger partial charge in [-0.3, -0.25) is 14.4 Å². The second-order valence-electron chi connectivity index (χ2n) is 6.82. The number of benzene rings is 2. The minimum absolute atomic E-state index is 0.0705. The number of hydrogen-bond acceptors (Lipinski definition) is 6. The highest BCUT2D eigenvalue weighted by Crippen LogP contribution is 2.36. The van der Waals surface area contributed by atoms with Crippen molar-refractivity contribution in [3.63, 3.8) is 0 Å². The highest BCUT2D eigenvalue weighted by atomic mass is 35.5. The van der Waals surface area contributed by atoms with E-state index in [9.17, 15) is 14.4 Å². The monoisotopic (exact) mass is 478 g/mol. The Labute approximate surface area is 194 Å². The van der Waals surface area contributed by atoms with E-state index in [0.717, 1.165) is 12.8 Å². The van der Waals surface area contributed by atoms with E-state index in [-0.39, 0.29) is 29.2 Å². The Balaban J connectivity index is 1.57. The maximum atomic E-state index is 12.1. The molecule has 3 rings (SSSR count). The highest BCUT2D eigenvalue weighted by molar-refractivity contribution is 6.35. The SMILES string of the molecule is COc1cc(/C=N\NC(=O)C(=O)NC2CC2)cc(Cl)c1OCC(=O)Nc1ccc(Cl)cc1. The predicted octanol–water partition coefficient (Wildman–Crippen LogP) is 2.75. The number of hydrazone groups is 1. The van der Waals surface area contributed by atoms with Gasteiger partial charge in [-0.25, -0.2) is 5.43 Å². The number of hydrogen-bond donors (Lipinski definition) is 3. The quantitative estimate of drug-likeness (QED) is 0.306. The summed E-state index contributed by atoms with van der Waals surface area (Å²) in [5.41, 5.74) is 3.19. The number of nitrogens with one attached hydrogen (secondary N) is 3. The topological polar surface area (TPSA) is 118 Å². The third-order valence-electron chi connectivity index (χ3n) is 4.23. The molecule has 0 saturated heterocycles. The fraction of sp³-hybridized carbons (Fsp3) is 0.238. The van der Waals surface area contributed by atoms with Crippen molar-refractivity contribution in [3.8, 4) is 11.5 Å². The van der Waals surface area contributed by atoms with Crippen LogP contribution in [0, 0.1) is 0 Å². The molecule has 0 bridgehead atoms. The summed E-state index contributed by atoms with van der Waals surface area (Å²) in [6, 6.07) is 9.77. The lowest BCUT2D eigenvalue weighted by atomic mass is 10.2. The van der Waals surface area contributed by atoms with E-state index in [1.54, 1.807) is 30.3 Å². The molecule has 32 heavy (non-hydrogen) atoms. The fourth-order valence-electron chi connectivity index (χ4n) is 2.52. The summed E-state index contributed by atoms with van der Waals surface area (Å²) in [4.78, 5) is 35.4. The number of ether oxygens (including phenoxy) is 2. The second-order valence-corrected chi connectivity index (χ2v) is 7.67. The van der Waals surface area contributed by atoms with Crippen LogP contribution in [0.4, 0.5) is 5.69 Å². The standard InChI is InChI=1S/C21H20Cl2N4O5/c1-31-17-9-12(10-24-27-21(30)20(29)26-15-6-7-15)8-16(23)19(17)32-11-18(28)25-14-4-2-13(22)3-5-14/h2-5,8-10,15H,6-7,11H2,1H3,(H,25,28)(H,26,29)(H,27,30)/b24-10-. The van der Waals surface area contributed by atoms with E-state index in [4.69, 9.17) is 32.7 Å². The number of methoxy groups -OCH3 is 1. The molecule has 0 aliphatic heterocycles. The summed E-state index contributed by atoms with van der Waals surface area (Å²) in [5, 5.41) is 9.70. The van der Waals surface area contributed by atoms with Crippen molar-refractivity contribution < 1.29 is 23.9 Å². The molecule has 1 saturated carbocycles. The van der Waals surface area contributed by atoms with Crippen LogP contribution in [0.15, 0.2) is 41.5 Å². The minimum atomic E-state index is -0.863. The molecule has 1 aliphatic carbocycles. The summed E-state index contributed by atoms with van der Waals surface area (Å²) in [6.45, 7) is -0.307. The first-order valence-electron chi connectivity index (χ1n) is 9.55. The smallest absolute Gasteiger partial charge is 0.329 e. The lowest BCUT2D eigenvalue weighted by molar-refractivity contribution is -0.139. The van der Waals surface area contributed by atoms with E-state index in [0.29, 0.717) is 16.3 Å². The zero-order valence-electron chi connectivity index (χ0n) is 17.0. The minimum Gasteiger partial charge on any atom is -0.493 e. The summed E-state index contributed by atoms with van der Waals surface area (Å²) < 4.78 is 10.8. The van der Waals surface area contributed by atoms with Gasteiger partial charge in [-0.05, 0) is 54.8 Å². The van der Waals surface area contributed by atoms with E-state index < -0.39 is 17.7 Å². The van der Waals surface area contributed by atoms with Crippen LogP contribution >= 0.6 is 23.2 Å². The first-order valence-corrected chi connectivity index (χ1v) is 10.3. The highest BCUT2D eigenvalue weighted by Gasteiger charge is 2.26. The molecule has 3 N–H and O–H groups in total. The maximum absolute atomic E-state index is 12.1. The third kappa shape index (κ3) is 6.86. The molecule has 3 amide bonds. The average Bonchev–Trinajstić information content (AvgIpc) is 3.58. The summed E-state index contributed by atoms with van der Waals surface area (Å²) >= 11 is 12.1. The van der Waals surface area contributed by atoms with Crippen molar-refractivity contribution in [2.24, 2.45) is 5.10 Å². The Morgan fingerprint density at radius 3 is 2.50 bits per heavy atom. The van der Waals surface area contributed by atoms with Gasteiger partial charge in [0.15, 0.2) is 18.1 Å². The van der Waals surface area contributed by atoms with Crippen molar-refractivity contribution >= 4 is 52.8 Å². The zero-order chi connectivity index (χ0) is 23.1. The molecular formula is C21H20Cl2N4O5. The van der Waals surface area contributed by atoms with E-state index >= 15 is 0 Å². The molecule has 2 aromatic carbocycles. The molecule has 0 aromatic heterocycles. The lowest BCUT2D eigenvalue weighted by Crippen LogP contribution is -2.38. The lowest BCUT2D eigenvalue weighted by Gasteiger charge is -2.13. The molecule has 0 spiro atoms. The average molecular weight is 479 g/mol. The third-order valence-corrected chi connectivity index (χ3v) is 4.76. The van der Waals surface area contributed by atoms with Crippen molar-refractivity contribution in [1.82, 2.24) is 10.7 Å².